The molecule has 5 nitrogen and oxygen atoms in total. The third kappa shape index (κ3) is 2.90. The number of nitrogens with zero attached hydrogens (tertiary/aromatic N) is 3. The molecule has 0 bridgehead atoms. The SMILES string of the molecule is CCN(CCN)C(C)c1nccnc1OC. The van der Waals surface area contributed by atoms with Gasteiger partial charge in [-0.2, -0.15) is 0 Å². The van der Waals surface area contributed by atoms with Gasteiger partial charge in [0.1, 0.15) is 5.69 Å². The summed E-state index contributed by atoms with van der Waals surface area (Å²) in [6, 6.07) is 0.164. The molecular weight excluding hydrogens is 204 g/mol. The lowest BCUT2D eigenvalue weighted by Crippen LogP contribution is -2.32. The highest BCUT2D eigenvalue weighted by Crippen LogP contribution is 2.24. The van der Waals surface area contributed by atoms with Crippen molar-refractivity contribution in [2.24, 2.45) is 5.73 Å². The van der Waals surface area contributed by atoms with Crippen molar-refractivity contribution in [1.82, 2.24) is 14.9 Å². The van der Waals surface area contributed by atoms with E-state index in [0.717, 1.165) is 18.8 Å². The molecule has 0 saturated heterocycles. The second-order valence-electron chi connectivity index (χ2n) is 3.54. The van der Waals surface area contributed by atoms with Crippen molar-refractivity contribution in [2.75, 3.05) is 26.7 Å². The highest BCUT2D eigenvalue weighted by Gasteiger charge is 2.19. The van der Waals surface area contributed by atoms with Crippen LogP contribution in [0.25, 0.3) is 0 Å². The van der Waals surface area contributed by atoms with Gasteiger partial charge in [-0.3, -0.25) is 9.88 Å². The van der Waals surface area contributed by atoms with E-state index in [-0.39, 0.29) is 6.04 Å². The lowest BCUT2D eigenvalue weighted by Gasteiger charge is -2.27. The summed E-state index contributed by atoms with van der Waals surface area (Å²) in [7, 11) is 1.61. The quantitative estimate of drug-likeness (QED) is 0.775. The summed E-state index contributed by atoms with van der Waals surface area (Å²) in [5.74, 6) is 0.588. The lowest BCUT2D eigenvalue weighted by molar-refractivity contribution is 0.218. The molecule has 2 N–H and O–H groups in total. The van der Waals surface area contributed by atoms with Crippen molar-refractivity contribution in [1.29, 1.82) is 0 Å². The molecule has 0 saturated carbocycles. The Labute approximate surface area is 96.6 Å². The van der Waals surface area contributed by atoms with Gasteiger partial charge in [-0.1, -0.05) is 6.92 Å². The van der Waals surface area contributed by atoms with Gasteiger partial charge in [0.2, 0.25) is 5.88 Å². The van der Waals surface area contributed by atoms with Gasteiger partial charge < -0.3 is 10.5 Å². The number of hydrogen-bond acceptors (Lipinski definition) is 5. The van der Waals surface area contributed by atoms with Crippen LogP contribution in [-0.4, -0.2) is 41.6 Å². The van der Waals surface area contributed by atoms with Crippen molar-refractivity contribution >= 4 is 0 Å². The van der Waals surface area contributed by atoms with Crippen LogP contribution >= 0.6 is 0 Å². The van der Waals surface area contributed by atoms with E-state index in [1.165, 1.54) is 0 Å². The first-order chi connectivity index (χ1) is 7.74. The Balaban J connectivity index is 2.88. The van der Waals surface area contributed by atoms with Crippen LogP contribution in [0.4, 0.5) is 0 Å². The van der Waals surface area contributed by atoms with Gasteiger partial charge in [0.05, 0.1) is 13.2 Å². The molecule has 1 aromatic rings. The molecule has 1 aromatic heterocycles. The van der Waals surface area contributed by atoms with Gasteiger partial charge in [0.15, 0.2) is 0 Å². The highest BCUT2D eigenvalue weighted by molar-refractivity contribution is 5.20. The Morgan fingerprint density at radius 2 is 2.12 bits per heavy atom. The molecule has 90 valence electrons. The molecule has 0 aromatic carbocycles. The first-order valence-electron chi connectivity index (χ1n) is 5.53. The predicted molar refractivity (Wildman–Crippen MR) is 63.3 cm³/mol. The number of aromatic nitrogens is 2. The van der Waals surface area contributed by atoms with Gasteiger partial charge >= 0.3 is 0 Å². The number of nitrogens with two attached hydrogens (primary N) is 1. The molecule has 0 aliphatic rings. The molecule has 1 atom stereocenters. The molecule has 1 heterocycles. The Morgan fingerprint density at radius 3 is 2.69 bits per heavy atom. The van der Waals surface area contributed by atoms with Crippen LogP contribution in [0.3, 0.4) is 0 Å². The fraction of sp³-hybridized carbons (Fsp3) is 0.636. The topological polar surface area (TPSA) is 64.3 Å². The number of methoxy groups -OCH3 is 1. The van der Waals surface area contributed by atoms with Crippen molar-refractivity contribution in [3.8, 4) is 5.88 Å². The molecule has 0 radical (unpaired) electrons. The fourth-order valence-corrected chi connectivity index (χ4v) is 1.74. The van der Waals surface area contributed by atoms with Gasteiger partial charge in [-0.05, 0) is 13.5 Å². The number of hydrogen-bond donors (Lipinski definition) is 1. The van der Waals surface area contributed by atoms with E-state index in [4.69, 9.17) is 10.5 Å². The van der Waals surface area contributed by atoms with Gasteiger partial charge in [-0.25, -0.2) is 4.98 Å². The molecule has 1 unspecified atom stereocenters. The van der Waals surface area contributed by atoms with Crippen LogP contribution in [0.1, 0.15) is 25.6 Å². The summed E-state index contributed by atoms with van der Waals surface area (Å²) in [4.78, 5) is 10.7. The Hall–Kier alpha value is -1.20. The Bertz CT molecular complexity index is 319. The molecule has 0 fully saturated rings. The normalized spacial score (nSPS) is 12.8. The van der Waals surface area contributed by atoms with E-state index in [9.17, 15) is 0 Å². The summed E-state index contributed by atoms with van der Waals surface area (Å²) in [6.07, 6.45) is 3.32. The maximum absolute atomic E-state index is 5.58. The van der Waals surface area contributed by atoms with Crippen molar-refractivity contribution < 1.29 is 4.74 Å². The Kier molecular flexibility index (Phi) is 5.14. The maximum Gasteiger partial charge on any atom is 0.236 e. The minimum Gasteiger partial charge on any atom is -0.480 e. The van der Waals surface area contributed by atoms with E-state index in [1.54, 1.807) is 19.5 Å². The zero-order valence-corrected chi connectivity index (χ0v) is 10.2. The van der Waals surface area contributed by atoms with Gasteiger partial charge in [-0.15, -0.1) is 0 Å². The molecule has 0 aliphatic heterocycles. The first kappa shape index (κ1) is 12.9. The maximum atomic E-state index is 5.58. The highest BCUT2D eigenvalue weighted by atomic mass is 16.5. The molecular formula is C11H20N4O. The van der Waals surface area contributed by atoms with Crippen LogP contribution < -0.4 is 10.5 Å². The summed E-state index contributed by atoms with van der Waals surface area (Å²) in [5.41, 5.74) is 6.44. The predicted octanol–water partition coefficient (Wildman–Crippen LogP) is 0.827. The van der Waals surface area contributed by atoms with E-state index < -0.39 is 0 Å². The molecule has 0 spiro atoms. The lowest BCUT2D eigenvalue weighted by atomic mass is 10.2. The smallest absolute Gasteiger partial charge is 0.236 e. The third-order valence-corrected chi connectivity index (χ3v) is 2.65. The fourth-order valence-electron chi connectivity index (χ4n) is 1.74. The standard InChI is InChI=1S/C11H20N4O/c1-4-15(8-5-12)9(2)10-11(16-3)14-7-6-13-10/h6-7,9H,4-5,8,12H2,1-3H3. The minimum absolute atomic E-state index is 0.164. The average molecular weight is 224 g/mol. The summed E-state index contributed by atoms with van der Waals surface area (Å²) < 4.78 is 5.21. The first-order valence-corrected chi connectivity index (χ1v) is 5.53. The van der Waals surface area contributed by atoms with Gasteiger partial charge in [0.25, 0.3) is 0 Å². The zero-order valence-electron chi connectivity index (χ0n) is 10.2. The molecule has 1 rings (SSSR count). The van der Waals surface area contributed by atoms with Crippen molar-refractivity contribution in [3.05, 3.63) is 18.1 Å². The van der Waals surface area contributed by atoms with Crippen LogP contribution in [0.5, 0.6) is 5.88 Å². The van der Waals surface area contributed by atoms with Crippen LogP contribution in [-0.2, 0) is 0 Å². The van der Waals surface area contributed by atoms with Gasteiger partial charge in [0, 0.05) is 25.5 Å². The number of ether oxygens (including phenoxy) is 1. The van der Waals surface area contributed by atoms with Crippen LogP contribution in [0.2, 0.25) is 0 Å². The summed E-state index contributed by atoms with van der Waals surface area (Å²) in [5, 5.41) is 0. The number of likely N-dealkylation sites (N-methyl/N-ethyl adjacent to an activating group) is 1. The van der Waals surface area contributed by atoms with E-state index >= 15 is 0 Å². The van der Waals surface area contributed by atoms with E-state index in [0.29, 0.717) is 12.4 Å². The average Bonchev–Trinajstić information content (AvgIpc) is 2.35. The van der Waals surface area contributed by atoms with E-state index in [1.807, 2.05) is 0 Å². The summed E-state index contributed by atoms with van der Waals surface area (Å²) in [6.45, 7) is 6.61. The Morgan fingerprint density at radius 1 is 1.44 bits per heavy atom. The second kappa shape index (κ2) is 6.40. The molecule has 0 amide bonds. The van der Waals surface area contributed by atoms with Crippen LogP contribution in [0.15, 0.2) is 12.4 Å². The third-order valence-electron chi connectivity index (χ3n) is 2.65. The largest absolute Gasteiger partial charge is 0.480 e. The van der Waals surface area contributed by atoms with Crippen LogP contribution in [0, 0.1) is 0 Å². The number of rotatable bonds is 6. The van der Waals surface area contributed by atoms with E-state index in [2.05, 4.69) is 28.7 Å². The van der Waals surface area contributed by atoms with Crippen molar-refractivity contribution in [2.45, 2.75) is 19.9 Å². The monoisotopic (exact) mass is 224 g/mol. The summed E-state index contributed by atoms with van der Waals surface area (Å²) >= 11 is 0. The molecule has 0 aliphatic carbocycles. The second-order valence-corrected chi connectivity index (χ2v) is 3.54. The van der Waals surface area contributed by atoms with Crippen molar-refractivity contribution in [3.63, 3.8) is 0 Å². The molecule has 5 heteroatoms. The zero-order chi connectivity index (χ0) is 12.0. The minimum atomic E-state index is 0.164. The molecule has 16 heavy (non-hydrogen) atoms.